The van der Waals surface area contributed by atoms with Gasteiger partial charge in [-0.05, 0) is 24.6 Å². The van der Waals surface area contributed by atoms with Crippen molar-refractivity contribution in [1.82, 2.24) is 25.3 Å². The molecule has 35 heavy (non-hydrogen) atoms. The largest absolute Gasteiger partial charge is 0.463 e. The van der Waals surface area contributed by atoms with Crippen LogP contribution in [0.5, 0.6) is 0 Å². The minimum absolute atomic E-state index is 0.182. The molecule has 2 aliphatic rings. The van der Waals surface area contributed by atoms with Gasteiger partial charge in [0.1, 0.15) is 24.0 Å². The highest BCUT2D eigenvalue weighted by atomic mass is 79.9. The van der Waals surface area contributed by atoms with Crippen LogP contribution < -0.4 is 5.32 Å². The highest BCUT2D eigenvalue weighted by Gasteiger charge is 2.35. The molecule has 1 fully saturated rings. The second-order valence-corrected chi connectivity index (χ2v) is 9.53. The Kier molecular flexibility index (Phi) is 8.21. The van der Waals surface area contributed by atoms with Crippen LogP contribution in [0.4, 0.5) is 4.39 Å². The molecule has 1 atom stereocenters. The van der Waals surface area contributed by atoms with Gasteiger partial charge in [0, 0.05) is 42.9 Å². The summed E-state index contributed by atoms with van der Waals surface area (Å²) in [5.41, 5.74) is 3.10. The molecule has 4 rings (SSSR count). The van der Waals surface area contributed by atoms with Crippen LogP contribution in [0, 0.1) is 5.82 Å². The van der Waals surface area contributed by atoms with Gasteiger partial charge in [0.15, 0.2) is 10.8 Å². The number of esters is 1. The Hall–Kier alpha value is -2.74. The van der Waals surface area contributed by atoms with Crippen molar-refractivity contribution in [2.24, 2.45) is 4.99 Å². The van der Waals surface area contributed by atoms with Crippen molar-refractivity contribution in [2.45, 2.75) is 13.0 Å². The summed E-state index contributed by atoms with van der Waals surface area (Å²) >= 11 is 4.71. The number of rotatable bonds is 7. The van der Waals surface area contributed by atoms with Gasteiger partial charge in [-0.25, -0.2) is 9.18 Å². The molecule has 2 N–H and O–H groups in total. The number of hydrogen-bond donors (Lipinski definition) is 2. The number of aromatic nitrogens is 2. The second kappa shape index (κ2) is 11.3. The zero-order valence-electron chi connectivity index (χ0n) is 18.9. The summed E-state index contributed by atoms with van der Waals surface area (Å²) in [4.78, 5) is 33.5. The van der Waals surface area contributed by atoms with Gasteiger partial charge in [-0.2, -0.15) is 0 Å². The number of aliphatic hydroxyl groups excluding tert-OH is 1. The number of nitrogens with zero attached hydrogens (tertiary/aromatic N) is 5. The number of ether oxygens (including phenoxy) is 1. The van der Waals surface area contributed by atoms with Gasteiger partial charge in [0.2, 0.25) is 5.91 Å². The lowest BCUT2D eigenvalue weighted by Crippen LogP contribution is -2.51. The molecule has 0 saturated carbocycles. The van der Waals surface area contributed by atoms with Gasteiger partial charge < -0.3 is 20.1 Å². The number of aliphatic hydroxyl groups is 1. The fourth-order valence-electron chi connectivity index (χ4n) is 3.98. The van der Waals surface area contributed by atoms with Crippen molar-refractivity contribution in [1.29, 1.82) is 0 Å². The van der Waals surface area contributed by atoms with Crippen molar-refractivity contribution in [3.63, 3.8) is 0 Å². The molecular weight excluding hydrogens is 543 g/mol. The van der Waals surface area contributed by atoms with Crippen molar-refractivity contribution in [3.8, 4) is 0 Å². The lowest BCUT2D eigenvalue weighted by Gasteiger charge is -2.36. The fraction of sp³-hybridized carbons (Fsp3) is 0.409. The van der Waals surface area contributed by atoms with Crippen LogP contribution in [0.1, 0.15) is 23.5 Å². The van der Waals surface area contributed by atoms with Crippen LogP contribution in [0.25, 0.3) is 0 Å². The minimum atomic E-state index is -0.767. The maximum atomic E-state index is 13.8. The monoisotopic (exact) mass is 566 g/mol. The molecular formula is C22H24BrFN6O4S. The molecule has 13 heteroatoms. The maximum Gasteiger partial charge on any atom is 0.338 e. The topological polar surface area (TPSA) is 120 Å². The van der Waals surface area contributed by atoms with Gasteiger partial charge in [0.05, 0.1) is 12.2 Å². The molecule has 3 heterocycles. The Morgan fingerprint density at radius 2 is 2.09 bits per heavy atom. The zero-order chi connectivity index (χ0) is 24.9. The molecule has 2 aromatic rings. The van der Waals surface area contributed by atoms with E-state index in [-0.39, 0.29) is 12.5 Å². The predicted octanol–water partition coefficient (Wildman–Crippen LogP) is 1.48. The lowest BCUT2D eigenvalue weighted by atomic mass is 9.95. The molecule has 0 bridgehead atoms. The smallest absolute Gasteiger partial charge is 0.338 e. The quantitative estimate of drug-likeness (QED) is 0.483. The summed E-state index contributed by atoms with van der Waals surface area (Å²) in [5, 5.41) is 20.9. The molecule has 1 aromatic carbocycles. The summed E-state index contributed by atoms with van der Waals surface area (Å²) in [6.07, 6.45) is 0. The van der Waals surface area contributed by atoms with E-state index in [0.717, 1.165) is 0 Å². The molecule has 1 saturated heterocycles. The first-order valence-electron chi connectivity index (χ1n) is 11.0. The number of benzene rings is 1. The Balaban J connectivity index is 1.72. The number of amides is 1. The molecule has 0 spiro atoms. The number of halogens is 2. The molecule has 1 unspecified atom stereocenters. The maximum absolute atomic E-state index is 13.8. The molecule has 0 aliphatic carbocycles. The number of carbonyl (C=O) groups is 2. The van der Waals surface area contributed by atoms with Crippen LogP contribution >= 0.6 is 27.3 Å². The van der Waals surface area contributed by atoms with E-state index < -0.39 is 24.4 Å². The Bertz CT molecular complexity index is 1150. The fourth-order valence-corrected chi connectivity index (χ4v) is 5.05. The van der Waals surface area contributed by atoms with Gasteiger partial charge in [0.25, 0.3) is 0 Å². The van der Waals surface area contributed by atoms with Crippen LogP contribution in [-0.2, 0) is 14.3 Å². The van der Waals surface area contributed by atoms with E-state index >= 15 is 0 Å². The Morgan fingerprint density at radius 1 is 1.31 bits per heavy atom. The molecule has 1 amide bonds. The first kappa shape index (κ1) is 25.4. The molecule has 2 aliphatic heterocycles. The summed E-state index contributed by atoms with van der Waals surface area (Å²) in [7, 11) is 0. The number of nitrogens with one attached hydrogen (secondary N) is 1. The van der Waals surface area contributed by atoms with Gasteiger partial charge in [-0.15, -0.1) is 10.2 Å². The van der Waals surface area contributed by atoms with Crippen molar-refractivity contribution >= 4 is 45.0 Å². The lowest BCUT2D eigenvalue weighted by molar-refractivity contribution is -0.139. The van der Waals surface area contributed by atoms with E-state index in [1.54, 1.807) is 23.4 Å². The second-order valence-electron chi connectivity index (χ2n) is 7.84. The third-order valence-electron chi connectivity index (χ3n) is 5.68. The SMILES string of the molecule is CCOC(=O)C1=C(CN2CCN(C(=O)CO)CC2)NC(c2nncs2)=NC1c1ccc(F)cc1Br. The van der Waals surface area contributed by atoms with Gasteiger partial charge in [-0.3, -0.25) is 14.7 Å². The average molecular weight is 567 g/mol. The van der Waals surface area contributed by atoms with E-state index in [9.17, 15) is 14.0 Å². The van der Waals surface area contributed by atoms with Crippen LogP contribution in [0.15, 0.2) is 44.4 Å². The van der Waals surface area contributed by atoms with Crippen LogP contribution in [0.3, 0.4) is 0 Å². The summed E-state index contributed by atoms with van der Waals surface area (Å²) in [5.74, 6) is -0.796. The Labute approximate surface area is 213 Å². The number of hydrogen-bond acceptors (Lipinski definition) is 10. The zero-order valence-corrected chi connectivity index (χ0v) is 21.3. The predicted molar refractivity (Wildman–Crippen MR) is 130 cm³/mol. The number of amidine groups is 1. The standard InChI is InChI=1S/C22H24BrFN6O4S/c1-2-34-22(33)18-16(10-29-5-7-30(8-6-29)17(32)11-31)26-20(21-28-25-12-35-21)27-19(18)14-4-3-13(24)9-15(14)23/h3-4,9,12,19,31H,2,5-8,10-11H2,1H3,(H,26,27). The van der Waals surface area contributed by atoms with Crippen molar-refractivity contribution in [3.05, 3.63) is 55.8 Å². The molecule has 1 aromatic heterocycles. The third kappa shape index (κ3) is 5.74. The summed E-state index contributed by atoms with van der Waals surface area (Å²) in [6.45, 7) is 3.80. The van der Waals surface area contributed by atoms with Crippen LogP contribution in [-0.4, -0.2) is 88.8 Å². The van der Waals surface area contributed by atoms with E-state index in [0.29, 0.717) is 64.9 Å². The van der Waals surface area contributed by atoms with E-state index in [1.807, 2.05) is 0 Å². The number of aliphatic imine (C=N–C) groups is 1. The van der Waals surface area contributed by atoms with E-state index in [1.165, 1.54) is 23.5 Å². The first-order chi connectivity index (χ1) is 16.9. The summed E-state index contributed by atoms with van der Waals surface area (Å²) in [6, 6.07) is 3.48. The van der Waals surface area contributed by atoms with E-state index in [2.05, 4.69) is 36.3 Å². The van der Waals surface area contributed by atoms with Crippen molar-refractivity contribution in [2.75, 3.05) is 45.9 Å². The number of carbonyl (C=O) groups excluding carboxylic acids is 2. The molecule has 0 radical (unpaired) electrons. The average Bonchev–Trinajstić information content (AvgIpc) is 3.39. The Morgan fingerprint density at radius 3 is 2.71 bits per heavy atom. The highest BCUT2D eigenvalue weighted by Crippen LogP contribution is 2.37. The van der Waals surface area contributed by atoms with Gasteiger partial charge >= 0.3 is 5.97 Å². The highest BCUT2D eigenvalue weighted by molar-refractivity contribution is 9.10. The summed E-state index contributed by atoms with van der Waals surface area (Å²) < 4.78 is 19.7. The van der Waals surface area contributed by atoms with Gasteiger partial charge in [-0.1, -0.05) is 33.3 Å². The van der Waals surface area contributed by atoms with Crippen LogP contribution in [0.2, 0.25) is 0 Å². The normalized spacial score (nSPS) is 18.8. The van der Waals surface area contributed by atoms with E-state index in [4.69, 9.17) is 14.8 Å². The van der Waals surface area contributed by atoms with Crippen molar-refractivity contribution < 1.29 is 23.8 Å². The third-order valence-corrected chi connectivity index (χ3v) is 7.07. The molecule has 10 nitrogen and oxygen atoms in total. The number of piperazine rings is 1. The molecule has 186 valence electrons. The first-order valence-corrected chi connectivity index (χ1v) is 12.7. The minimum Gasteiger partial charge on any atom is -0.463 e.